The Labute approximate surface area is 124 Å². The number of hydrogen-bond donors (Lipinski definition) is 1. The zero-order valence-electron chi connectivity index (χ0n) is 12.7. The van der Waals surface area contributed by atoms with Crippen molar-refractivity contribution >= 4 is 17.0 Å². The number of aromatic nitrogens is 2. The van der Waals surface area contributed by atoms with Crippen LogP contribution in [0.25, 0.3) is 11.0 Å². The quantitative estimate of drug-likeness (QED) is 0.880. The highest BCUT2D eigenvalue weighted by molar-refractivity contribution is 6.01. The molecule has 1 saturated carbocycles. The van der Waals surface area contributed by atoms with E-state index in [9.17, 15) is 9.90 Å². The van der Waals surface area contributed by atoms with E-state index in [1.165, 1.54) is 12.8 Å². The zero-order chi connectivity index (χ0) is 15.0. The van der Waals surface area contributed by atoms with Crippen molar-refractivity contribution in [2.45, 2.75) is 46.1 Å². The number of aryl methyl sites for hydroxylation is 1. The minimum atomic E-state index is -0.871. The molecule has 1 fully saturated rings. The number of nitrogens with zero attached hydrogens (tertiary/aromatic N) is 2. The van der Waals surface area contributed by atoms with Crippen LogP contribution in [-0.2, 0) is 13.0 Å². The summed E-state index contributed by atoms with van der Waals surface area (Å²) in [5.41, 5.74) is 1.97. The predicted molar refractivity (Wildman–Crippen MR) is 82.6 cm³/mol. The second-order valence-corrected chi connectivity index (χ2v) is 6.18. The van der Waals surface area contributed by atoms with Gasteiger partial charge in [-0.05, 0) is 43.2 Å². The number of imidazole rings is 1. The van der Waals surface area contributed by atoms with Crippen molar-refractivity contribution < 1.29 is 9.90 Å². The van der Waals surface area contributed by atoms with Crippen molar-refractivity contribution in [3.8, 4) is 0 Å². The van der Waals surface area contributed by atoms with E-state index in [1.54, 1.807) is 12.1 Å². The van der Waals surface area contributed by atoms with Gasteiger partial charge in [0.15, 0.2) is 0 Å². The first-order valence-electron chi connectivity index (χ1n) is 7.83. The lowest BCUT2D eigenvalue weighted by Gasteiger charge is -2.15. The van der Waals surface area contributed by atoms with Gasteiger partial charge in [0, 0.05) is 13.0 Å². The minimum Gasteiger partial charge on any atom is -0.478 e. The van der Waals surface area contributed by atoms with Gasteiger partial charge in [0.05, 0.1) is 16.6 Å². The zero-order valence-corrected chi connectivity index (χ0v) is 12.7. The average molecular weight is 286 g/mol. The number of hydrogen-bond acceptors (Lipinski definition) is 2. The van der Waals surface area contributed by atoms with Crippen molar-refractivity contribution in [3.05, 3.63) is 29.6 Å². The van der Waals surface area contributed by atoms with Crippen molar-refractivity contribution in [2.24, 2.45) is 11.8 Å². The Balaban J connectivity index is 2.11. The molecule has 0 bridgehead atoms. The summed E-state index contributed by atoms with van der Waals surface area (Å²) in [5, 5.41) is 9.46. The van der Waals surface area contributed by atoms with E-state index < -0.39 is 5.97 Å². The van der Waals surface area contributed by atoms with Crippen LogP contribution in [0.4, 0.5) is 0 Å². The Hall–Kier alpha value is -1.84. The maximum absolute atomic E-state index is 11.5. The molecule has 1 aliphatic carbocycles. The van der Waals surface area contributed by atoms with Crippen LogP contribution in [0.5, 0.6) is 0 Å². The van der Waals surface area contributed by atoms with Crippen molar-refractivity contribution in [1.29, 1.82) is 0 Å². The van der Waals surface area contributed by atoms with Crippen LogP contribution in [0.3, 0.4) is 0 Å². The van der Waals surface area contributed by atoms with Gasteiger partial charge in [-0.25, -0.2) is 9.78 Å². The highest BCUT2D eigenvalue weighted by Crippen LogP contribution is 2.38. The summed E-state index contributed by atoms with van der Waals surface area (Å²) in [6, 6.07) is 5.38. The van der Waals surface area contributed by atoms with Crippen LogP contribution >= 0.6 is 0 Å². The molecule has 1 aliphatic rings. The molecule has 2 aromatic rings. The van der Waals surface area contributed by atoms with Gasteiger partial charge in [0.2, 0.25) is 0 Å². The minimum absolute atomic E-state index is 0.366. The summed E-state index contributed by atoms with van der Waals surface area (Å²) >= 11 is 0. The SMILES string of the molecule is CCCc1nc2cccc(C(=O)O)c2n1CC(C)C1CC1. The van der Waals surface area contributed by atoms with Gasteiger partial charge in [-0.2, -0.15) is 0 Å². The largest absolute Gasteiger partial charge is 0.478 e. The van der Waals surface area contributed by atoms with Gasteiger partial charge in [-0.1, -0.05) is 19.9 Å². The predicted octanol–water partition coefficient (Wildman–Crippen LogP) is 3.73. The molecule has 4 heteroatoms. The lowest BCUT2D eigenvalue weighted by molar-refractivity contribution is 0.0698. The van der Waals surface area contributed by atoms with Crippen LogP contribution in [0.2, 0.25) is 0 Å². The van der Waals surface area contributed by atoms with Crippen molar-refractivity contribution in [1.82, 2.24) is 9.55 Å². The highest BCUT2D eigenvalue weighted by Gasteiger charge is 2.29. The molecule has 0 saturated heterocycles. The Morgan fingerprint density at radius 2 is 2.24 bits per heavy atom. The highest BCUT2D eigenvalue weighted by atomic mass is 16.4. The molecule has 0 aliphatic heterocycles. The second kappa shape index (κ2) is 5.51. The third-order valence-corrected chi connectivity index (χ3v) is 4.45. The normalized spacial score (nSPS) is 16.3. The summed E-state index contributed by atoms with van der Waals surface area (Å²) < 4.78 is 2.16. The third kappa shape index (κ3) is 2.67. The Morgan fingerprint density at radius 3 is 2.86 bits per heavy atom. The fraction of sp³-hybridized carbons (Fsp3) is 0.529. The molecular weight excluding hydrogens is 264 g/mol. The van der Waals surface area contributed by atoms with Gasteiger partial charge in [0.1, 0.15) is 5.82 Å². The van der Waals surface area contributed by atoms with Gasteiger partial charge >= 0.3 is 5.97 Å². The number of carboxylic acid groups (broad SMARTS) is 1. The second-order valence-electron chi connectivity index (χ2n) is 6.18. The van der Waals surface area contributed by atoms with E-state index in [-0.39, 0.29) is 0 Å². The number of aromatic carboxylic acids is 1. The molecule has 1 N–H and O–H groups in total. The maximum Gasteiger partial charge on any atom is 0.337 e. The number of carboxylic acids is 1. The topological polar surface area (TPSA) is 55.1 Å². The molecule has 1 unspecified atom stereocenters. The van der Waals surface area contributed by atoms with Crippen LogP contribution in [0.15, 0.2) is 18.2 Å². The summed E-state index contributed by atoms with van der Waals surface area (Å²) in [4.78, 5) is 16.2. The standard InChI is InChI=1S/C17H22N2O2/c1-3-5-15-18-14-7-4-6-13(17(20)21)16(14)19(15)10-11(2)12-8-9-12/h4,6-7,11-12H,3,5,8-10H2,1-2H3,(H,20,21). The molecule has 1 heterocycles. The van der Waals surface area contributed by atoms with Gasteiger partial charge in [-0.3, -0.25) is 0 Å². The molecular formula is C17H22N2O2. The molecule has 0 spiro atoms. The fourth-order valence-corrected chi connectivity index (χ4v) is 3.12. The van der Waals surface area contributed by atoms with Crippen LogP contribution in [0, 0.1) is 11.8 Å². The Kier molecular flexibility index (Phi) is 3.70. The van der Waals surface area contributed by atoms with E-state index in [0.29, 0.717) is 11.5 Å². The van der Waals surface area contributed by atoms with Gasteiger partial charge in [0.25, 0.3) is 0 Å². The van der Waals surface area contributed by atoms with E-state index in [2.05, 4.69) is 23.4 Å². The third-order valence-electron chi connectivity index (χ3n) is 4.45. The summed E-state index contributed by atoms with van der Waals surface area (Å²) in [7, 11) is 0. The van der Waals surface area contributed by atoms with Crippen LogP contribution in [-0.4, -0.2) is 20.6 Å². The smallest absolute Gasteiger partial charge is 0.337 e. The average Bonchev–Trinajstić information content (AvgIpc) is 3.24. The van der Waals surface area contributed by atoms with Crippen molar-refractivity contribution in [2.75, 3.05) is 0 Å². The van der Waals surface area contributed by atoms with Gasteiger partial charge in [-0.15, -0.1) is 0 Å². The molecule has 0 amide bonds. The maximum atomic E-state index is 11.5. The first kappa shape index (κ1) is 14.1. The summed E-state index contributed by atoms with van der Waals surface area (Å²) in [6.07, 6.45) is 4.53. The molecule has 3 rings (SSSR count). The van der Waals surface area contributed by atoms with Crippen LogP contribution in [0.1, 0.15) is 49.3 Å². The Bertz CT molecular complexity index is 671. The number of para-hydroxylation sites is 1. The summed E-state index contributed by atoms with van der Waals surface area (Å²) in [5.74, 6) is 1.53. The van der Waals surface area contributed by atoms with E-state index in [4.69, 9.17) is 0 Å². The van der Waals surface area contributed by atoms with Crippen LogP contribution < -0.4 is 0 Å². The molecule has 1 atom stereocenters. The Morgan fingerprint density at radius 1 is 1.48 bits per heavy atom. The molecule has 1 aromatic heterocycles. The number of carbonyl (C=O) groups is 1. The van der Waals surface area contributed by atoms with E-state index >= 15 is 0 Å². The monoisotopic (exact) mass is 286 g/mol. The number of rotatable bonds is 6. The van der Waals surface area contributed by atoms with E-state index in [0.717, 1.165) is 42.2 Å². The number of fused-ring (bicyclic) bond motifs is 1. The van der Waals surface area contributed by atoms with E-state index in [1.807, 2.05) is 6.07 Å². The molecule has 1 aromatic carbocycles. The lowest BCUT2D eigenvalue weighted by atomic mass is 10.1. The first-order valence-corrected chi connectivity index (χ1v) is 7.83. The first-order chi connectivity index (χ1) is 10.1. The summed E-state index contributed by atoms with van der Waals surface area (Å²) in [6.45, 7) is 5.27. The fourth-order valence-electron chi connectivity index (χ4n) is 3.12. The molecule has 0 radical (unpaired) electrons. The number of benzene rings is 1. The van der Waals surface area contributed by atoms with Gasteiger partial charge < -0.3 is 9.67 Å². The molecule has 112 valence electrons. The molecule has 21 heavy (non-hydrogen) atoms. The molecule has 4 nitrogen and oxygen atoms in total. The lowest BCUT2D eigenvalue weighted by Crippen LogP contribution is -2.14. The van der Waals surface area contributed by atoms with Crippen molar-refractivity contribution in [3.63, 3.8) is 0 Å².